The molecule has 212 valence electrons. The summed E-state index contributed by atoms with van der Waals surface area (Å²) in [6.45, 7) is 8.79. The number of aromatic nitrogens is 5. The number of pyridine rings is 1. The molecule has 0 atom stereocenters. The molecular weight excluding hydrogens is 552 g/mol. The predicted molar refractivity (Wildman–Crippen MR) is 161 cm³/mol. The summed E-state index contributed by atoms with van der Waals surface area (Å²) in [6, 6.07) is 8.67. The van der Waals surface area contributed by atoms with Crippen molar-refractivity contribution in [1.82, 2.24) is 35.1 Å². The van der Waals surface area contributed by atoms with Gasteiger partial charge in [0.05, 0.1) is 12.4 Å². The van der Waals surface area contributed by atoms with Crippen LogP contribution in [-0.2, 0) is 6.54 Å². The number of piperazine rings is 2. The van der Waals surface area contributed by atoms with E-state index < -0.39 is 0 Å². The molecule has 3 aromatic heterocycles. The van der Waals surface area contributed by atoms with Crippen molar-refractivity contribution in [3.63, 3.8) is 0 Å². The first-order valence-corrected chi connectivity index (χ1v) is 12.9. The van der Waals surface area contributed by atoms with E-state index in [0.717, 1.165) is 81.7 Å². The van der Waals surface area contributed by atoms with Gasteiger partial charge in [-0.25, -0.2) is 14.4 Å². The van der Waals surface area contributed by atoms with E-state index in [1.807, 2.05) is 24.8 Å². The van der Waals surface area contributed by atoms with Crippen molar-refractivity contribution in [2.24, 2.45) is 0 Å². The Morgan fingerprint density at radius 2 is 1.25 bits per heavy atom. The lowest BCUT2D eigenvalue weighted by atomic mass is 10.1. The lowest BCUT2D eigenvalue weighted by molar-refractivity contribution is 0.249. The summed E-state index contributed by atoms with van der Waals surface area (Å²) >= 11 is 0. The normalized spacial score (nSPS) is 15.2. The number of nitrogens with zero attached hydrogens (tertiary/aromatic N) is 8. The van der Waals surface area contributed by atoms with Gasteiger partial charge in [0, 0.05) is 102 Å². The van der Waals surface area contributed by atoms with Crippen molar-refractivity contribution in [1.29, 1.82) is 0 Å². The Balaban J connectivity index is 0.000000266. The highest BCUT2D eigenvalue weighted by molar-refractivity contribution is 5.85. The van der Waals surface area contributed by atoms with E-state index in [1.165, 1.54) is 17.7 Å². The van der Waals surface area contributed by atoms with Gasteiger partial charge in [0.25, 0.3) is 0 Å². The van der Waals surface area contributed by atoms with Gasteiger partial charge in [-0.1, -0.05) is 12.1 Å². The molecule has 0 saturated carbocycles. The zero-order valence-electron chi connectivity index (χ0n) is 22.1. The molecule has 0 amide bonds. The molecule has 4 aromatic rings. The van der Waals surface area contributed by atoms with Crippen molar-refractivity contribution in [3.8, 4) is 11.1 Å². The molecule has 0 spiro atoms. The minimum absolute atomic E-state index is 0. The quantitative estimate of drug-likeness (QED) is 0.376. The summed E-state index contributed by atoms with van der Waals surface area (Å²) in [6.07, 6.45) is 14.2. The molecular formula is C28H34Cl2FN9. The van der Waals surface area contributed by atoms with Gasteiger partial charge in [-0.3, -0.25) is 19.9 Å². The summed E-state index contributed by atoms with van der Waals surface area (Å²) in [4.78, 5) is 28.1. The van der Waals surface area contributed by atoms with Crippen LogP contribution in [0.3, 0.4) is 0 Å². The molecule has 5 heterocycles. The summed E-state index contributed by atoms with van der Waals surface area (Å²) in [5, 5.41) is 3.29. The molecule has 1 aromatic carbocycles. The first-order valence-electron chi connectivity index (χ1n) is 12.9. The van der Waals surface area contributed by atoms with Gasteiger partial charge in [0.15, 0.2) is 0 Å². The number of hydrogen-bond acceptors (Lipinski definition) is 9. The highest BCUT2D eigenvalue weighted by Gasteiger charge is 2.18. The average molecular weight is 587 g/mol. The van der Waals surface area contributed by atoms with Crippen LogP contribution in [-0.4, -0.2) is 82.2 Å². The van der Waals surface area contributed by atoms with E-state index in [9.17, 15) is 4.39 Å². The van der Waals surface area contributed by atoms with E-state index in [4.69, 9.17) is 0 Å². The van der Waals surface area contributed by atoms with E-state index in [-0.39, 0.29) is 30.6 Å². The molecule has 2 fully saturated rings. The fraction of sp³-hybridized carbons (Fsp3) is 0.321. The maximum atomic E-state index is 13.1. The Bertz CT molecular complexity index is 1260. The van der Waals surface area contributed by atoms with Gasteiger partial charge < -0.3 is 15.1 Å². The van der Waals surface area contributed by atoms with Gasteiger partial charge in [0.1, 0.15) is 17.5 Å². The Labute approximate surface area is 246 Å². The number of anilines is 2. The van der Waals surface area contributed by atoms with Crippen LogP contribution in [0, 0.1) is 5.82 Å². The largest absolute Gasteiger partial charge is 0.353 e. The molecule has 1 N–H and O–H groups in total. The number of benzene rings is 1. The molecule has 0 unspecified atom stereocenters. The zero-order valence-corrected chi connectivity index (χ0v) is 23.8. The third kappa shape index (κ3) is 8.79. The minimum Gasteiger partial charge on any atom is -0.353 e. The first-order chi connectivity index (χ1) is 18.7. The number of nitrogens with one attached hydrogen (secondary N) is 1. The van der Waals surface area contributed by atoms with Crippen LogP contribution in [0.25, 0.3) is 11.1 Å². The maximum absolute atomic E-state index is 13.1. The molecule has 6 rings (SSSR count). The minimum atomic E-state index is -0.223. The molecule has 9 nitrogen and oxygen atoms in total. The van der Waals surface area contributed by atoms with Gasteiger partial charge in [-0.15, -0.1) is 24.8 Å². The highest BCUT2D eigenvalue weighted by atomic mass is 35.5. The first kappa shape index (κ1) is 31.1. The number of halogens is 3. The summed E-state index contributed by atoms with van der Waals surface area (Å²) < 4.78 is 13.1. The van der Waals surface area contributed by atoms with Crippen molar-refractivity contribution in [2.45, 2.75) is 6.54 Å². The van der Waals surface area contributed by atoms with Gasteiger partial charge in [-0.05, 0) is 29.3 Å². The van der Waals surface area contributed by atoms with Crippen LogP contribution < -0.4 is 15.1 Å². The zero-order chi connectivity index (χ0) is 26.0. The molecule has 2 aliphatic rings. The molecule has 0 bridgehead atoms. The summed E-state index contributed by atoms with van der Waals surface area (Å²) in [5.74, 6) is 1.70. The third-order valence-electron chi connectivity index (χ3n) is 6.61. The standard InChI is InChI=1S/C20H20FN5.C8H12N4.2ClH/c21-19-3-1-17(2-4-19)18-11-16(12-23-13-18)15-25-7-9-26(10-8-25)20-14-22-5-6-24-20;1-2-11-8(7-10-1)12-5-3-9-4-6-12;;/h1-6,11-14H,7-10,15H2;1-2,7,9H,3-6H2;2*1H. The molecule has 0 aliphatic carbocycles. The maximum Gasteiger partial charge on any atom is 0.147 e. The van der Waals surface area contributed by atoms with E-state index >= 15 is 0 Å². The van der Waals surface area contributed by atoms with Crippen molar-refractivity contribution in [3.05, 3.63) is 91.3 Å². The predicted octanol–water partition coefficient (Wildman–Crippen LogP) is 3.73. The second-order valence-electron chi connectivity index (χ2n) is 9.22. The second kappa shape index (κ2) is 16.0. The van der Waals surface area contributed by atoms with Crippen LogP contribution in [0.4, 0.5) is 16.0 Å². The molecule has 12 heteroatoms. The highest BCUT2D eigenvalue weighted by Crippen LogP contribution is 2.21. The fourth-order valence-electron chi connectivity index (χ4n) is 4.57. The third-order valence-corrected chi connectivity index (χ3v) is 6.61. The lowest BCUT2D eigenvalue weighted by Crippen LogP contribution is -2.46. The van der Waals surface area contributed by atoms with Crippen LogP contribution in [0.15, 0.2) is 79.9 Å². The second-order valence-corrected chi connectivity index (χ2v) is 9.22. The van der Waals surface area contributed by atoms with Crippen molar-refractivity contribution < 1.29 is 4.39 Å². The topological polar surface area (TPSA) is 86.2 Å². The Morgan fingerprint density at radius 3 is 1.82 bits per heavy atom. The Morgan fingerprint density at radius 1 is 0.650 bits per heavy atom. The Hall–Kier alpha value is -3.44. The molecule has 40 heavy (non-hydrogen) atoms. The van der Waals surface area contributed by atoms with Crippen LogP contribution in [0.2, 0.25) is 0 Å². The average Bonchev–Trinajstić information content (AvgIpc) is 3.00. The van der Waals surface area contributed by atoms with Crippen LogP contribution in [0.5, 0.6) is 0 Å². The van der Waals surface area contributed by atoms with Gasteiger partial charge >= 0.3 is 0 Å². The summed E-state index contributed by atoms with van der Waals surface area (Å²) in [5.41, 5.74) is 3.16. The van der Waals surface area contributed by atoms with Crippen molar-refractivity contribution >= 4 is 36.4 Å². The number of rotatable bonds is 5. The molecule has 2 aliphatic heterocycles. The number of hydrogen-bond donors (Lipinski definition) is 1. The Kier molecular flexibility index (Phi) is 12.4. The van der Waals surface area contributed by atoms with Gasteiger partial charge in [0.2, 0.25) is 0 Å². The van der Waals surface area contributed by atoms with E-state index in [0.29, 0.717) is 0 Å². The van der Waals surface area contributed by atoms with E-state index in [2.05, 4.69) is 51.0 Å². The lowest BCUT2D eigenvalue weighted by Gasteiger charge is -2.35. The fourth-order valence-corrected chi connectivity index (χ4v) is 4.57. The van der Waals surface area contributed by atoms with E-state index in [1.54, 1.807) is 36.9 Å². The monoisotopic (exact) mass is 585 g/mol. The van der Waals surface area contributed by atoms with Crippen LogP contribution >= 0.6 is 24.8 Å². The molecule has 0 radical (unpaired) electrons. The van der Waals surface area contributed by atoms with Crippen molar-refractivity contribution in [2.75, 3.05) is 62.2 Å². The summed E-state index contributed by atoms with van der Waals surface area (Å²) in [7, 11) is 0. The van der Waals surface area contributed by atoms with Crippen LogP contribution in [0.1, 0.15) is 5.56 Å². The SMILES string of the molecule is Cl.Cl.Fc1ccc(-c2cncc(CN3CCN(c4cnccn4)CC3)c2)cc1.c1cnc(N2CCNCC2)cn1. The van der Waals surface area contributed by atoms with Gasteiger partial charge in [-0.2, -0.15) is 0 Å². The smallest absolute Gasteiger partial charge is 0.147 e. The molecule has 2 saturated heterocycles.